The molecule has 0 saturated carbocycles. The first kappa shape index (κ1) is 22.6. The highest BCUT2D eigenvalue weighted by atomic mass is 35.5. The average Bonchev–Trinajstić information content (AvgIpc) is 2.80. The minimum atomic E-state index is -0.614. The maximum absolute atomic E-state index is 6.67. The van der Waals surface area contributed by atoms with E-state index in [2.05, 4.69) is 17.4 Å². The van der Waals surface area contributed by atoms with Crippen LogP contribution in [0.2, 0.25) is 15.1 Å². The summed E-state index contributed by atoms with van der Waals surface area (Å²) in [7, 11) is 0. The lowest BCUT2D eigenvalue weighted by molar-refractivity contribution is -0.176. The molecule has 6 heteroatoms. The average molecular weight is 477 g/mol. The topological polar surface area (TPSA) is 30.5 Å². The summed E-state index contributed by atoms with van der Waals surface area (Å²) in [5.74, 6) is 0. The molecule has 162 valence electrons. The fourth-order valence-corrected chi connectivity index (χ4v) is 4.46. The molecular weight excluding hydrogens is 453 g/mol. The SMILES string of the molecule is Clc1ccc(C2(OCc3ccccc3)CCNCC2OCc2cc(Cl)ccc2Cl)cc1. The summed E-state index contributed by atoms with van der Waals surface area (Å²) in [5.41, 5.74) is 2.41. The van der Waals surface area contributed by atoms with Crippen molar-refractivity contribution in [3.8, 4) is 0 Å². The Morgan fingerprint density at radius 2 is 1.61 bits per heavy atom. The van der Waals surface area contributed by atoms with Crippen molar-refractivity contribution in [1.29, 1.82) is 0 Å². The Morgan fingerprint density at radius 1 is 0.871 bits per heavy atom. The summed E-state index contributed by atoms with van der Waals surface area (Å²) in [6, 6.07) is 23.4. The fraction of sp³-hybridized carbons (Fsp3) is 0.280. The summed E-state index contributed by atoms with van der Waals surface area (Å²) in [4.78, 5) is 0. The van der Waals surface area contributed by atoms with E-state index in [-0.39, 0.29) is 6.10 Å². The zero-order valence-electron chi connectivity index (χ0n) is 17.0. The van der Waals surface area contributed by atoms with E-state index in [1.54, 1.807) is 12.1 Å². The van der Waals surface area contributed by atoms with Gasteiger partial charge in [-0.05, 0) is 60.0 Å². The van der Waals surface area contributed by atoms with E-state index in [4.69, 9.17) is 44.3 Å². The Morgan fingerprint density at radius 3 is 2.39 bits per heavy atom. The number of hydrogen-bond donors (Lipinski definition) is 1. The van der Waals surface area contributed by atoms with Crippen molar-refractivity contribution in [2.45, 2.75) is 31.3 Å². The second kappa shape index (κ2) is 10.4. The van der Waals surface area contributed by atoms with Gasteiger partial charge in [0.05, 0.1) is 13.2 Å². The fourth-order valence-electron chi connectivity index (χ4n) is 3.97. The van der Waals surface area contributed by atoms with Crippen LogP contribution in [-0.4, -0.2) is 19.2 Å². The molecule has 0 amide bonds. The van der Waals surface area contributed by atoms with Gasteiger partial charge in [-0.2, -0.15) is 0 Å². The predicted molar refractivity (Wildman–Crippen MR) is 127 cm³/mol. The smallest absolute Gasteiger partial charge is 0.122 e. The van der Waals surface area contributed by atoms with Crippen LogP contribution in [-0.2, 0) is 28.3 Å². The van der Waals surface area contributed by atoms with Gasteiger partial charge < -0.3 is 14.8 Å². The van der Waals surface area contributed by atoms with Crippen molar-refractivity contribution >= 4 is 34.8 Å². The van der Waals surface area contributed by atoms with Gasteiger partial charge in [-0.15, -0.1) is 0 Å². The zero-order valence-corrected chi connectivity index (χ0v) is 19.3. The Kier molecular flexibility index (Phi) is 7.55. The van der Waals surface area contributed by atoms with Gasteiger partial charge in [-0.25, -0.2) is 0 Å². The summed E-state index contributed by atoms with van der Waals surface area (Å²) < 4.78 is 13.1. The molecule has 2 unspecified atom stereocenters. The second-order valence-electron chi connectivity index (χ2n) is 7.66. The van der Waals surface area contributed by atoms with E-state index < -0.39 is 5.60 Å². The second-order valence-corrected chi connectivity index (χ2v) is 8.94. The summed E-state index contributed by atoms with van der Waals surface area (Å²) in [5, 5.41) is 5.40. The largest absolute Gasteiger partial charge is 0.369 e. The first-order valence-corrected chi connectivity index (χ1v) is 11.4. The van der Waals surface area contributed by atoms with Crippen LogP contribution in [0, 0.1) is 0 Å². The van der Waals surface area contributed by atoms with E-state index in [1.807, 2.05) is 48.5 Å². The molecule has 0 radical (unpaired) electrons. The molecule has 0 bridgehead atoms. The van der Waals surface area contributed by atoms with E-state index in [0.717, 1.165) is 29.7 Å². The molecule has 1 N–H and O–H groups in total. The Hall–Kier alpha value is -1.59. The Bertz CT molecular complexity index is 997. The molecule has 0 aromatic heterocycles. The van der Waals surface area contributed by atoms with Crippen LogP contribution in [0.15, 0.2) is 72.8 Å². The lowest BCUT2D eigenvalue weighted by atomic mass is 9.82. The van der Waals surface area contributed by atoms with Crippen LogP contribution in [0.5, 0.6) is 0 Å². The number of nitrogens with one attached hydrogen (secondary N) is 1. The van der Waals surface area contributed by atoms with Gasteiger partial charge in [0, 0.05) is 21.6 Å². The van der Waals surface area contributed by atoms with Crippen LogP contribution < -0.4 is 5.32 Å². The molecule has 1 saturated heterocycles. The lowest BCUT2D eigenvalue weighted by Crippen LogP contribution is -2.54. The molecule has 0 aliphatic carbocycles. The summed E-state index contributed by atoms with van der Waals surface area (Å²) >= 11 is 18.7. The third-order valence-electron chi connectivity index (χ3n) is 5.64. The zero-order chi connectivity index (χ0) is 21.7. The number of hydrogen-bond acceptors (Lipinski definition) is 3. The molecule has 4 rings (SSSR count). The summed E-state index contributed by atoms with van der Waals surface area (Å²) in [6.45, 7) is 2.32. The number of benzene rings is 3. The molecule has 2 atom stereocenters. The van der Waals surface area contributed by atoms with Crippen molar-refractivity contribution in [1.82, 2.24) is 5.32 Å². The summed E-state index contributed by atoms with van der Waals surface area (Å²) in [6.07, 6.45) is 0.552. The van der Waals surface area contributed by atoms with Crippen molar-refractivity contribution < 1.29 is 9.47 Å². The predicted octanol–water partition coefficient (Wildman–Crippen LogP) is 6.64. The molecule has 3 aromatic carbocycles. The van der Waals surface area contributed by atoms with Gasteiger partial charge >= 0.3 is 0 Å². The monoisotopic (exact) mass is 475 g/mol. The van der Waals surface area contributed by atoms with Crippen molar-refractivity contribution in [2.75, 3.05) is 13.1 Å². The minimum absolute atomic E-state index is 0.221. The van der Waals surface area contributed by atoms with Gasteiger partial charge in [0.1, 0.15) is 11.7 Å². The number of halogens is 3. The van der Waals surface area contributed by atoms with Gasteiger partial charge in [-0.3, -0.25) is 0 Å². The third kappa shape index (κ3) is 5.43. The third-order valence-corrected chi connectivity index (χ3v) is 6.50. The molecule has 31 heavy (non-hydrogen) atoms. The number of piperidine rings is 1. The van der Waals surface area contributed by atoms with E-state index in [1.165, 1.54) is 0 Å². The van der Waals surface area contributed by atoms with Crippen molar-refractivity contribution in [3.05, 3.63) is 105 Å². The molecule has 1 aliphatic rings. The van der Waals surface area contributed by atoms with Gasteiger partial charge in [0.15, 0.2) is 0 Å². The molecule has 3 nitrogen and oxygen atoms in total. The molecule has 1 heterocycles. The lowest BCUT2D eigenvalue weighted by Gasteiger charge is -2.44. The van der Waals surface area contributed by atoms with E-state index in [0.29, 0.717) is 34.8 Å². The normalized spacial score (nSPS) is 21.2. The Balaban J connectivity index is 1.62. The van der Waals surface area contributed by atoms with Crippen LogP contribution in [0.25, 0.3) is 0 Å². The number of rotatable bonds is 7. The molecule has 0 spiro atoms. The van der Waals surface area contributed by atoms with Crippen LogP contribution in [0.3, 0.4) is 0 Å². The quantitative estimate of drug-likeness (QED) is 0.415. The van der Waals surface area contributed by atoms with Crippen LogP contribution >= 0.6 is 34.8 Å². The highest BCUT2D eigenvalue weighted by Gasteiger charge is 2.44. The molecular formula is C25H24Cl3NO2. The van der Waals surface area contributed by atoms with Crippen LogP contribution in [0.1, 0.15) is 23.1 Å². The standard InChI is InChI=1S/C25H24Cl3NO2/c26-21-8-6-20(7-9-21)25(31-16-18-4-2-1-3-5-18)12-13-29-15-24(25)30-17-19-14-22(27)10-11-23(19)28/h1-11,14,24,29H,12-13,15-17H2. The van der Waals surface area contributed by atoms with Crippen molar-refractivity contribution in [2.24, 2.45) is 0 Å². The first-order valence-electron chi connectivity index (χ1n) is 10.3. The van der Waals surface area contributed by atoms with Gasteiger partial charge in [0.2, 0.25) is 0 Å². The number of ether oxygens (including phenoxy) is 2. The Labute approximate surface area is 198 Å². The van der Waals surface area contributed by atoms with Crippen LogP contribution in [0.4, 0.5) is 0 Å². The minimum Gasteiger partial charge on any atom is -0.369 e. The van der Waals surface area contributed by atoms with E-state index in [9.17, 15) is 0 Å². The van der Waals surface area contributed by atoms with Gasteiger partial charge in [0.25, 0.3) is 0 Å². The highest BCUT2D eigenvalue weighted by Crippen LogP contribution is 2.39. The maximum Gasteiger partial charge on any atom is 0.122 e. The van der Waals surface area contributed by atoms with E-state index >= 15 is 0 Å². The maximum atomic E-state index is 6.67. The highest BCUT2D eigenvalue weighted by molar-refractivity contribution is 6.33. The van der Waals surface area contributed by atoms with Crippen molar-refractivity contribution in [3.63, 3.8) is 0 Å². The first-order chi connectivity index (χ1) is 15.1. The molecule has 1 aliphatic heterocycles. The molecule has 1 fully saturated rings. The molecule has 3 aromatic rings. The van der Waals surface area contributed by atoms with Gasteiger partial charge in [-0.1, -0.05) is 77.3 Å².